The topological polar surface area (TPSA) is 116 Å². The molecule has 9 heteroatoms. The maximum Gasteiger partial charge on any atom is 0.303 e. The van der Waals surface area contributed by atoms with E-state index in [-0.39, 0.29) is 37.1 Å². The minimum absolute atomic E-state index is 0.0721. The van der Waals surface area contributed by atoms with Crippen LogP contribution in [0.1, 0.15) is 37.8 Å². The number of aliphatic carboxylic acids is 1. The number of carbonyl (C=O) groups is 1. The summed E-state index contributed by atoms with van der Waals surface area (Å²) in [7, 11) is -3.33. The van der Waals surface area contributed by atoms with E-state index in [0.717, 1.165) is 6.42 Å². The second kappa shape index (κ2) is 6.52. The van der Waals surface area contributed by atoms with E-state index in [2.05, 4.69) is 15.4 Å². The first kappa shape index (κ1) is 15.9. The fourth-order valence-corrected chi connectivity index (χ4v) is 4.39. The van der Waals surface area contributed by atoms with Gasteiger partial charge in [-0.15, -0.1) is 0 Å². The highest BCUT2D eigenvalue weighted by Gasteiger charge is 2.41. The Labute approximate surface area is 123 Å². The summed E-state index contributed by atoms with van der Waals surface area (Å²) in [5, 5.41) is 19.2. The van der Waals surface area contributed by atoms with E-state index in [1.54, 1.807) is 0 Å². The molecule has 2 N–H and O–H groups in total. The largest absolute Gasteiger partial charge is 0.481 e. The molecular weight excluding hydrogens is 296 g/mol. The summed E-state index contributed by atoms with van der Waals surface area (Å²) in [5.74, 6) is -1.32. The smallest absolute Gasteiger partial charge is 0.303 e. The molecule has 1 fully saturated rings. The van der Waals surface area contributed by atoms with Crippen LogP contribution in [0.2, 0.25) is 0 Å². The van der Waals surface area contributed by atoms with Crippen LogP contribution in [0, 0.1) is 5.92 Å². The summed E-state index contributed by atoms with van der Waals surface area (Å²) in [6, 6.07) is 0. The van der Waals surface area contributed by atoms with Gasteiger partial charge in [0, 0.05) is 19.0 Å². The monoisotopic (exact) mass is 316 g/mol. The summed E-state index contributed by atoms with van der Waals surface area (Å²) in [6.07, 6.45) is 2.87. The van der Waals surface area contributed by atoms with E-state index in [0.29, 0.717) is 12.1 Å². The third-order valence-corrected chi connectivity index (χ3v) is 5.70. The molecule has 0 bridgehead atoms. The van der Waals surface area contributed by atoms with Gasteiger partial charge in [0.2, 0.25) is 10.0 Å². The molecule has 1 aliphatic rings. The Morgan fingerprint density at radius 1 is 1.52 bits per heavy atom. The van der Waals surface area contributed by atoms with Crippen molar-refractivity contribution in [2.24, 2.45) is 5.92 Å². The van der Waals surface area contributed by atoms with Crippen molar-refractivity contribution in [1.29, 1.82) is 0 Å². The van der Waals surface area contributed by atoms with Crippen molar-refractivity contribution >= 4 is 16.0 Å². The van der Waals surface area contributed by atoms with Gasteiger partial charge >= 0.3 is 5.97 Å². The summed E-state index contributed by atoms with van der Waals surface area (Å²) < 4.78 is 25.9. The molecule has 0 amide bonds. The van der Waals surface area contributed by atoms with Gasteiger partial charge in [0.15, 0.2) is 0 Å². The normalized spacial score (nSPS) is 23.5. The number of unbranched alkanes of at least 4 members (excludes halogenated alkanes) is 1. The first-order chi connectivity index (χ1) is 9.94. The number of sulfonamides is 1. The maximum atomic E-state index is 12.3. The van der Waals surface area contributed by atoms with Gasteiger partial charge in [0.05, 0.1) is 24.1 Å². The highest BCUT2D eigenvalue weighted by Crippen LogP contribution is 2.35. The van der Waals surface area contributed by atoms with Gasteiger partial charge in [0.25, 0.3) is 0 Å². The molecule has 8 nitrogen and oxygen atoms in total. The van der Waals surface area contributed by atoms with Crippen molar-refractivity contribution in [3.05, 3.63) is 11.9 Å². The lowest BCUT2D eigenvalue weighted by molar-refractivity contribution is -0.138. The zero-order chi connectivity index (χ0) is 15.5. The number of nitrogens with zero attached hydrogens (tertiary/aromatic N) is 3. The molecule has 0 saturated carbocycles. The lowest BCUT2D eigenvalue weighted by Gasteiger charge is -2.15. The minimum atomic E-state index is -3.33. The van der Waals surface area contributed by atoms with E-state index in [1.807, 2.05) is 6.92 Å². The van der Waals surface area contributed by atoms with Crippen molar-refractivity contribution in [3.8, 4) is 0 Å². The number of aromatic amines is 1. The van der Waals surface area contributed by atoms with Gasteiger partial charge in [-0.1, -0.05) is 13.3 Å². The number of rotatable bonds is 7. The van der Waals surface area contributed by atoms with Crippen LogP contribution in [-0.4, -0.2) is 58.1 Å². The van der Waals surface area contributed by atoms with E-state index in [9.17, 15) is 13.2 Å². The quantitative estimate of drug-likeness (QED) is 0.753. The van der Waals surface area contributed by atoms with Gasteiger partial charge in [0.1, 0.15) is 0 Å². The van der Waals surface area contributed by atoms with Gasteiger partial charge < -0.3 is 5.11 Å². The zero-order valence-corrected chi connectivity index (χ0v) is 12.7. The molecule has 21 heavy (non-hydrogen) atoms. The Hall–Kier alpha value is -1.48. The number of nitrogens with one attached hydrogen (secondary N) is 1. The molecule has 2 atom stereocenters. The van der Waals surface area contributed by atoms with Crippen molar-refractivity contribution < 1.29 is 18.3 Å². The Bertz CT molecular complexity index is 572. The van der Waals surface area contributed by atoms with E-state index < -0.39 is 16.0 Å². The Kier molecular flexibility index (Phi) is 4.94. The predicted octanol–water partition coefficient (Wildman–Crippen LogP) is 0.425. The van der Waals surface area contributed by atoms with Gasteiger partial charge in [-0.25, -0.2) is 12.7 Å². The lowest BCUT2D eigenvalue weighted by Crippen LogP contribution is -2.31. The Morgan fingerprint density at radius 3 is 2.86 bits per heavy atom. The van der Waals surface area contributed by atoms with Crippen LogP contribution in [0.4, 0.5) is 0 Å². The predicted molar refractivity (Wildman–Crippen MR) is 75.1 cm³/mol. The molecule has 0 unspecified atom stereocenters. The van der Waals surface area contributed by atoms with E-state index in [1.165, 1.54) is 10.5 Å². The molecule has 118 valence electrons. The molecule has 0 aromatic carbocycles. The highest BCUT2D eigenvalue weighted by atomic mass is 32.2. The molecular formula is C12H20N4O4S. The summed E-state index contributed by atoms with van der Waals surface area (Å²) in [6.45, 7) is 2.44. The molecule has 1 aromatic rings. The van der Waals surface area contributed by atoms with Crippen LogP contribution >= 0.6 is 0 Å². The van der Waals surface area contributed by atoms with Crippen LogP contribution < -0.4 is 0 Å². The van der Waals surface area contributed by atoms with Crippen LogP contribution in [0.5, 0.6) is 0 Å². The molecule has 2 rings (SSSR count). The molecule has 0 aliphatic carbocycles. The standard InChI is InChI=1S/C12H20N4O4S/c1-2-3-4-21(19,20)16-7-9(5-12(17)18)10(8-16)11-6-13-15-14-11/h6,9-10H,2-5,7-8H2,1H3,(H,17,18)(H,13,14,15)/t9-,10+/m1/s1. The average Bonchev–Trinajstić information content (AvgIpc) is 3.04. The van der Waals surface area contributed by atoms with Crippen molar-refractivity contribution in [2.75, 3.05) is 18.8 Å². The minimum Gasteiger partial charge on any atom is -0.481 e. The zero-order valence-electron chi connectivity index (χ0n) is 11.9. The number of carboxylic acids is 1. The van der Waals surface area contributed by atoms with Crippen LogP contribution in [0.3, 0.4) is 0 Å². The second-order valence-corrected chi connectivity index (χ2v) is 7.43. The molecule has 2 heterocycles. The highest BCUT2D eigenvalue weighted by molar-refractivity contribution is 7.89. The Morgan fingerprint density at radius 2 is 2.29 bits per heavy atom. The summed E-state index contributed by atoms with van der Waals surface area (Å²) in [5.41, 5.74) is 0.620. The lowest BCUT2D eigenvalue weighted by atomic mass is 9.91. The van der Waals surface area contributed by atoms with Crippen molar-refractivity contribution in [1.82, 2.24) is 19.7 Å². The van der Waals surface area contributed by atoms with Gasteiger partial charge in [-0.2, -0.15) is 15.4 Å². The first-order valence-electron chi connectivity index (χ1n) is 6.99. The molecule has 1 aliphatic heterocycles. The van der Waals surface area contributed by atoms with Crippen molar-refractivity contribution in [3.63, 3.8) is 0 Å². The molecule has 1 aromatic heterocycles. The van der Waals surface area contributed by atoms with Gasteiger partial charge in [-0.05, 0) is 12.3 Å². The number of H-pyrrole nitrogens is 1. The van der Waals surface area contributed by atoms with Crippen LogP contribution in [-0.2, 0) is 14.8 Å². The summed E-state index contributed by atoms with van der Waals surface area (Å²) in [4.78, 5) is 11.0. The van der Waals surface area contributed by atoms with Crippen molar-refractivity contribution in [2.45, 2.75) is 32.1 Å². The maximum absolute atomic E-state index is 12.3. The van der Waals surface area contributed by atoms with Crippen LogP contribution in [0.25, 0.3) is 0 Å². The van der Waals surface area contributed by atoms with E-state index >= 15 is 0 Å². The number of carboxylic acid groups (broad SMARTS) is 1. The third-order valence-electron chi connectivity index (χ3n) is 3.81. The number of hydrogen-bond acceptors (Lipinski definition) is 5. The average molecular weight is 316 g/mol. The number of hydrogen-bond donors (Lipinski definition) is 2. The third kappa shape index (κ3) is 3.79. The molecule has 0 spiro atoms. The van der Waals surface area contributed by atoms with Crippen LogP contribution in [0.15, 0.2) is 6.20 Å². The fraction of sp³-hybridized carbons (Fsp3) is 0.750. The Balaban J connectivity index is 2.16. The number of aromatic nitrogens is 3. The molecule has 1 saturated heterocycles. The fourth-order valence-electron chi connectivity index (χ4n) is 2.67. The summed E-state index contributed by atoms with van der Waals surface area (Å²) >= 11 is 0. The SMILES string of the molecule is CCCCS(=O)(=O)N1C[C@@H](CC(=O)O)[C@@H](c2cn[nH]n2)C1. The molecule has 0 radical (unpaired) electrons. The first-order valence-corrected chi connectivity index (χ1v) is 8.60. The second-order valence-electron chi connectivity index (χ2n) is 5.35. The van der Waals surface area contributed by atoms with Gasteiger partial charge in [-0.3, -0.25) is 4.79 Å². The van der Waals surface area contributed by atoms with E-state index in [4.69, 9.17) is 5.11 Å².